The number of halogens is 1. The average molecular weight is 355 g/mol. The molecule has 1 aromatic rings. The SMILES string of the molecule is CC(=O)N(CCC(=O)N1CCC(C(=O)O)C1)Cc1ccccc1.Cl. The van der Waals surface area contributed by atoms with Gasteiger partial charge in [0.15, 0.2) is 0 Å². The van der Waals surface area contributed by atoms with Crippen LogP contribution in [-0.4, -0.2) is 52.3 Å². The summed E-state index contributed by atoms with van der Waals surface area (Å²) in [5.41, 5.74) is 1.02. The highest BCUT2D eigenvalue weighted by Gasteiger charge is 2.30. The van der Waals surface area contributed by atoms with E-state index >= 15 is 0 Å². The molecule has 1 heterocycles. The van der Waals surface area contributed by atoms with Gasteiger partial charge in [0, 0.05) is 39.5 Å². The smallest absolute Gasteiger partial charge is 0.308 e. The number of carbonyl (C=O) groups excluding carboxylic acids is 2. The van der Waals surface area contributed by atoms with Crippen LogP contribution < -0.4 is 0 Å². The van der Waals surface area contributed by atoms with E-state index in [9.17, 15) is 14.4 Å². The molecule has 1 atom stereocenters. The molecule has 1 fully saturated rings. The van der Waals surface area contributed by atoms with E-state index in [2.05, 4.69) is 0 Å². The summed E-state index contributed by atoms with van der Waals surface area (Å²) in [4.78, 5) is 38.1. The van der Waals surface area contributed by atoms with Gasteiger partial charge in [0.05, 0.1) is 5.92 Å². The maximum atomic E-state index is 12.2. The van der Waals surface area contributed by atoms with Crippen molar-refractivity contribution in [3.05, 3.63) is 35.9 Å². The monoisotopic (exact) mass is 354 g/mol. The van der Waals surface area contributed by atoms with Gasteiger partial charge in [0.25, 0.3) is 0 Å². The van der Waals surface area contributed by atoms with Crippen molar-refractivity contribution in [2.45, 2.75) is 26.3 Å². The molecular weight excluding hydrogens is 332 g/mol. The van der Waals surface area contributed by atoms with Crippen LogP contribution in [0.5, 0.6) is 0 Å². The number of hydrogen-bond acceptors (Lipinski definition) is 3. The number of likely N-dealkylation sites (tertiary alicyclic amines) is 1. The number of carboxylic acid groups (broad SMARTS) is 1. The Morgan fingerprint density at radius 3 is 2.46 bits per heavy atom. The normalized spacial score (nSPS) is 16.4. The molecule has 2 amide bonds. The van der Waals surface area contributed by atoms with Gasteiger partial charge >= 0.3 is 5.97 Å². The molecule has 6 nitrogen and oxygen atoms in total. The van der Waals surface area contributed by atoms with Gasteiger partial charge in [0.1, 0.15) is 0 Å². The van der Waals surface area contributed by atoms with Crippen LogP contribution in [0.2, 0.25) is 0 Å². The van der Waals surface area contributed by atoms with Gasteiger partial charge in [-0.3, -0.25) is 14.4 Å². The topological polar surface area (TPSA) is 77.9 Å². The van der Waals surface area contributed by atoms with Gasteiger partial charge < -0.3 is 14.9 Å². The van der Waals surface area contributed by atoms with Crippen molar-refractivity contribution in [3.8, 4) is 0 Å². The van der Waals surface area contributed by atoms with Gasteiger partial charge in [-0.1, -0.05) is 30.3 Å². The van der Waals surface area contributed by atoms with Crippen LogP contribution in [0.15, 0.2) is 30.3 Å². The molecule has 0 aromatic heterocycles. The predicted molar refractivity (Wildman–Crippen MR) is 91.7 cm³/mol. The molecule has 0 aliphatic carbocycles. The zero-order valence-electron chi connectivity index (χ0n) is 13.7. The summed E-state index contributed by atoms with van der Waals surface area (Å²) in [6, 6.07) is 9.62. The second kappa shape index (κ2) is 9.27. The van der Waals surface area contributed by atoms with Crippen molar-refractivity contribution in [1.29, 1.82) is 0 Å². The second-order valence-electron chi connectivity index (χ2n) is 5.84. The van der Waals surface area contributed by atoms with Crippen molar-refractivity contribution in [1.82, 2.24) is 9.80 Å². The first kappa shape index (κ1) is 20.0. The Balaban J connectivity index is 0.00000288. The number of amides is 2. The van der Waals surface area contributed by atoms with E-state index < -0.39 is 11.9 Å². The largest absolute Gasteiger partial charge is 0.481 e. The van der Waals surface area contributed by atoms with Gasteiger partial charge in [-0.2, -0.15) is 0 Å². The van der Waals surface area contributed by atoms with Crippen molar-refractivity contribution in [3.63, 3.8) is 0 Å². The number of carboxylic acids is 1. The summed E-state index contributed by atoms with van der Waals surface area (Å²) in [5, 5.41) is 8.98. The number of benzene rings is 1. The zero-order chi connectivity index (χ0) is 16.8. The molecular formula is C17H23ClN2O4. The minimum Gasteiger partial charge on any atom is -0.481 e. The summed E-state index contributed by atoms with van der Waals surface area (Å²) < 4.78 is 0. The molecule has 0 bridgehead atoms. The lowest BCUT2D eigenvalue weighted by atomic mass is 10.1. The molecule has 1 aromatic carbocycles. The van der Waals surface area contributed by atoms with E-state index in [1.807, 2.05) is 30.3 Å². The lowest BCUT2D eigenvalue weighted by Crippen LogP contribution is -2.35. The Hall–Kier alpha value is -2.08. The molecule has 0 spiro atoms. The lowest BCUT2D eigenvalue weighted by Gasteiger charge is -2.23. The lowest BCUT2D eigenvalue weighted by molar-refractivity contribution is -0.141. The van der Waals surface area contributed by atoms with Crippen LogP contribution in [0, 0.1) is 5.92 Å². The fraction of sp³-hybridized carbons (Fsp3) is 0.471. The predicted octanol–water partition coefficient (Wildman–Crippen LogP) is 1.78. The van der Waals surface area contributed by atoms with Crippen LogP contribution in [0.25, 0.3) is 0 Å². The van der Waals surface area contributed by atoms with Crippen molar-refractivity contribution in [2.24, 2.45) is 5.92 Å². The van der Waals surface area contributed by atoms with Gasteiger partial charge in [-0.15, -0.1) is 12.4 Å². The molecule has 1 N–H and O–H groups in total. The van der Waals surface area contributed by atoms with E-state index in [4.69, 9.17) is 5.11 Å². The maximum Gasteiger partial charge on any atom is 0.308 e. The standard InChI is InChI=1S/C17H22N2O4.ClH/c1-13(20)18(11-14-5-3-2-4-6-14)10-8-16(21)19-9-7-15(12-19)17(22)23;/h2-6,15H,7-12H2,1H3,(H,22,23);1H. The Bertz CT molecular complexity index is 579. The van der Waals surface area contributed by atoms with Crippen LogP contribution in [0.1, 0.15) is 25.3 Å². The van der Waals surface area contributed by atoms with E-state index in [-0.39, 0.29) is 37.2 Å². The highest BCUT2D eigenvalue weighted by Crippen LogP contribution is 2.17. The van der Waals surface area contributed by atoms with Gasteiger partial charge in [-0.25, -0.2) is 0 Å². The van der Waals surface area contributed by atoms with E-state index in [0.717, 1.165) is 5.56 Å². The minimum atomic E-state index is -0.852. The van der Waals surface area contributed by atoms with E-state index in [1.165, 1.54) is 6.92 Å². The molecule has 1 aliphatic heterocycles. The van der Waals surface area contributed by atoms with Crippen LogP contribution in [0.4, 0.5) is 0 Å². The Morgan fingerprint density at radius 1 is 1.25 bits per heavy atom. The number of carbonyl (C=O) groups is 3. The molecule has 0 radical (unpaired) electrons. The van der Waals surface area contributed by atoms with E-state index in [1.54, 1.807) is 9.80 Å². The summed E-state index contributed by atoms with van der Waals surface area (Å²) in [6.45, 7) is 3.06. The molecule has 1 aliphatic rings. The van der Waals surface area contributed by atoms with Gasteiger partial charge in [0.2, 0.25) is 11.8 Å². The number of rotatable bonds is 6. The molecule has 1 saturated heterocycles. The molecule has 0 saturated carbocycles. The Labute approximate surface area is 147 Å². The third-order valence-corrected chi connectivity index (χ3v) is 4.15. The Morgan fingerprint density at radius 2 is 1.92 bits per heavy atom. The third-order valence-electron chi connectivity index (χ3n) is 4.15. The molecule has 1 unspecified atom stereocenters. The number of nitrogens with zero attached hydrogens (tertiary/aromatic N) is 2. The summed E-state index contributed by atoms with van der Waals surface area (Å²) in [5.74, 6) is -1.48. The molecule has 24 heavy (non-hydrogen) atoms. The van der Waals surface area contributed by atoms with Crippen LogP contribution in [-0.2, 0) is 20.9 Å². The fourth-order valence-electron chi connectivity index (χ4n) is 2.73. The first-order valence-electron chi connectivity index (χ1n) is 7.77. The zero-order valence-corrected chi connectivity index (χ0v) is 14.5. The highest BCUT2D eigenvalue weighted by atomic mass is 35.5. The maximum absolute atomic E-state index is 12.2. The first-order chi connectivity index (χ1) is 11.0. The van der Waals surface area contributed by atoms with Crippen molar-refractivity contribution < 1.29 is 19.5 Å². The third kappa shape index (κ3) is 5.53. The fourth-order valence-corrected chi connectivity index (χ4v) is 2.73. The second-order valence-corrected chi connectivity index (χ2v) is 5.84. The highest BCUT2D eigenvalue weighted by molar-refractivity contribution is 5.85. The molecule has 132 valence electrons. The first-order valence-corrected chi connectivity index (χ1v) is 7.77. The van der Waals surface area contributed by atoms with Crippen molar-refractivity contribution in [2.75, 3.05) is 19.6 Å². The summed E-state index contributed by atoms with van der Waals surface area (Å²) >= 11 is 0. The quantitative estimate of drug-likeness (QED) is 0.844. The molecule has 7 heteroatoms. The number of hydrogen-bond donors (Lipinski definition) is 1. The van der Waals surface area contributed by atoms with Crippen LogP contribution >= 0.6 is 12.4 Å². The average Bonchev–Trinajstić information content (AvgIpc) is 3.02. The molecule has 2 rings (SSSR count). The summed E-state index contributed by atoms with van der Waals surface area (Å²) in [6.07, 6.45) is 0.722. The number of aliphatic carboxylic acids is 1. The van der Waals surface area contributed by atoms with E-state index in [0.29, 0.717) is 26.1 Å². The summed E-state index contributed by atoms with van der Waals surface area (Å²) in [7, 11) is 0. The van der Waals surface area contributed by atoms with Crippen LogP contribution in [0.3, 0.4) is 0 Å². The van der Waals surface area contributed by atoms with Crippen molar-refractivity contribution >= 4 is 30.2 Å². The minimum absolute atomic E-state index is 0. The van der Waals surface area contributed by atoms with Gasteiger partial charge in [-0.05, 0) is 12.0 Å². The Kier molecular flexibility index (Phi) is 7.71.